The van der Waals surface area contributed by atoms with Crippen molar-refractivity contribution in [1.82, 2.24) is 0 Å². The molecule has 23 heavy (non-hydrogen) atoms. The van der Waals surface area contributed by atoms with Crippen LogP contribution in [-0.2, 0) is 21.1 Å². The Morgan fingerprint density at radius 3 is 0.826 bits per heavy atom. The molecule has 0 amide bonds. The van der Waals surface area contributed by atoms with Crippen LogP contribution in [0.5, 0.6) is 0 Å². The van der Waals surface area contributed by atoms with Gasteiger partial charge in [-0.15, -0.1) is 0 Å². The van der Waals surface area contributed by atoms with E-state index in [2.05, 4.69) is 41.7 Å². The van der Waals surface area contributed by atoms with E-state index in [0.717, 1.165) is 0 Å². The molecule has 0 atom stereocenters. The predicted molar refractivity (Wildman–Crippen MR) is 106 cm³/mol. The minimum Gasteiger partial charge on any atom is -0.184 e. The number of hydrogen-bond donors (Lipinski definition) is 0. The molecule has 3 heteroatoms. The summed E-state index contributed by atoms with van der Waals surface area (Å²) in [6.07, 6.45) is 0. The topological polar surface area (TPSA) is 0 Å². The van der Waals surface area contributed by atoms with Crippen LogP contribution in [0.2, 0.25) is 13.6 Å². The maximum Gasteiger partial charge on any atom is 2.00 e. The fourth-order valence-corrected chi connectivity index (χ4v) is 0.940. The Hall–Kier alpha value is -0.742. The van der Waals surface area contributed by atoms with Gasteiger partial charge in [0.15, 0.2) is 0 Å². The van der Waals surface area contributed by atoms with Gasteiger partial charge >= 0.3 is 21.1 Å². The van der Waals surface area contributed by atoms with E-state index in [1.807, 2.05) is 76.2 Å². The van der Waals surface area contributed by atoms with Crippen molar-refractivity contribution in [1.29, 1.82) is 0 Å². The maximum atomic E-state index is 4.50. The van der Waals surface area contributed by atoms with E-state index < -0.39 is 0 Å². The van der Waals surface area contributed by atoms with Gasteiger partial charge in [0.05, 0.1) is 15.7 Å². The SMILES string of the molecule is CC.CC.Cc1cc[c-]cc1.Cc1cc[c-]cc1.[B]C.[B]C.[W+2]. The van der Waals surface area contributed by atoms with Gasteiger partial charge in [0.1, 0.15) is 0 Å². The van der Waals surface area contributed by atoms with Crippen LogP contribution in [0, 0.1) is 26.0 Å². The van der Waals surface area contributed by atoms with E-state index in [-0.39, 0.29) is 21.1 Å². The molecule has 124 valence electrons. The summed E-state index contributed by atoms with van der Waals surface area (Å²) >= 11 is 0. The second-order valence-corrected chi connectivity index (χ2v) is 3.15. The van der Waals surface area contributed by atoms with E-state index in [4.69, 9.17) is 0 Å². The molecule has 0 aliphatic carbocycles. The fraction of sp³-hybridized carbons (Fsp3) is 0.400. The summed E-state index contributed by atoms with van der Waals surface area (Å²) in [7, 11) is 9.00. The summed E-state index contributed by atoms with van der Waals surface area (Å²) in [4.78, 5) is 0. The molecule has 0 nitrogen and oxygen atoms in total. The smallest absolute Gasteiger partial charge is 0.184 e. The summed E-state index contributed by atoms with van der Waals surface area (Å²) in [6, 6.07) is 21.6. The van der Waals surface area contributed by atoms with Crippen molar-refractivity contribution in [2.24, 2.45) is 0 Å². The van der Waals surface area contributed by atoms with Crippen LogP contribution in [0.25, 0.3) is 0 Å². The number of hydrogen-bond acceptors (Lipinski definition) is 0. The van der Waals surface area contributed by atoms with Crippen molar-refractivity contribution in [3.05, 3.63) is 71.8 Å². The van der Waals surface area contributed by atoms with E-state index in [1.165, 1.54) is 24.8 Å². The van der Waals surface area contributed by atoms with Crippen LogP contribution in [0.3, 0.4) is 0 Å². The first-order chi connectivity index (χ1) is 10.8. The summed E-state index contributed by atoms with van der Waals surface area (Å²) < 4.78 is 0. The normalized spacial score (nSPS) is 6.26. The quantitative estimate of drug-likeness (QED) is 0.320. The van der Waals surface area contributed by atoms with Crippen LogP contribution in [-0.4, -0.2) is 15.7 Å². The predicted octanol–water partition coefficient (Wildman–Crippen LogP) is 6.05. The summed E-state index contributed by atoms with van der Waals surface area (Å²) in [5, 5.41) is 0. The van der Waals surface area contributed by atoms with Crippen molar-refractivity contribution in [3.8, 4) is 0 Å². The fourth-order valence-electron chi connectivity index (χ4n) is 0.940. The summed E-state index contributed by atoms with van der Waals surface area (Å²) in [5.74, 6) is 0. The number of aryl methyl sites for hydroxylation is 2. The first kappa shape index (κ1) is 33.8. The monoisotopic (exact) mass is 478 g/mol. The van der Waals surface area contributed by atoms with Gasteiger partial charge in [-0.25, -0.2) is 0 Å². The van der Waals surface area contributed by atoms with Gasteiger partial charge < -0.3 is 0 Å². The van der Waals surface area contributed by atoms with Crippen LogP contribution in [0.1, 0.15) is 38.8 Å². The van der Waals surface area contributed by atoms with Gasteiger partial charge in [-0.3, -0.25) is 0 Å². The third-order valence-corrected chi connectivity index (χ3v) is 1.77. The average Bonchev–Trinajstić information content (AvgIpc) is 2.64. The zero-order chi connectivity index (χ0) is 18.2. The molecule has 0 N–H and O–H groups in total. The zero-order valence-electron chi connectivity index (χ0n) is 16.2. The Morgan fingerprint density at radius 2 is 0.739 bits per heavy atom. The molecule has 0 unspecified atom stereocenters. The molecule has 0 aromatic heterocycles. The Kier molecular flexibility index (Phi) is 55.0. The third-order valence-electron chi connectivity index (χ3n) is 1.77. The molecule has 2 aromatic carbocycles. The molecule has 0 aliphatic heterocycles. The van der Waals surface area contributed by atoms with Crippen molar-refractivity contribution < 1.29 is 21.1 Å². The van der Waals surface area contributed by atoms with Crippen molar-refractivity contribution >= 4 is 15.7 Å². The molecular formula is C20H32B2W. The van der Waals surface area contributed by atoms with Gasteiger partial charge in [0.25, 0.3) is 0 Å². The molecule has 0 spiro atoms. The minimum absolute atomic E-state index is 0. The van der Waals surface area contributed by atoms with Crippen LogP contribution in [0.15, 0.2) is 48.5 Å². The summed E-state index contributed by atoms with van der Waals surface area (Å²) in [5.41, 5.74) is 2.58. The van der Waals surface area contributed by atoms with Crippen molar-refractivity contribution in [3.63, 3.8) is 0 Å². The summed E-state index contributed by atoms with van der Waals surface area (Å²) in [6.45, 7) is 15.1. The molecule has 0 bridgehead atoms. The average molecular weight is 478 g/mol. The van der Waals surface area contributed by atoms with Crippen molar-refractivity contribution in [2.75, 3.05) is 0 Å². The van der Waals surface area contributed by atoms with Crippen molar-refractivity contribution in [2.45, 2.75) is 55.2 Å². The molecule has 0 saturated heterocycles. The molecule has 0 saturated carbocycles. The van der Waals surface area contributed by atoms with E-state index >= 15 is 0 Å². The van der Waals surface area contributed by atoms with Gasteiger partial charge in [-0.2, -0.15) is 71.8 Å². The first-order valence-corrected chi connectivity index (χ1v) is 7.80. The second kappa shape index (κ2) is 37.5. The standard InChI is InChI=1S/2C7H7.2C2H6.2CH3B.W/c2*1-7-5-3-2-4-6-7;4*1-2;/h2*3-6H,1H3;2*1-2H3;2*1H3;/q2*-1;;;;;+2. The Labute approximate surface area is 163 Å². The molecule has 2 aromatic rings. The molecular weight excluding hydrogens is 446 g/mol. The largest absolute Gasteiger partial charge is 2.00 e. The molecule has 0 aliphatic rings. The van der Waals surface area contributed by atoms with Gasteiger partial charge in [-0.1, -0.05) is 55.2 Å². The van der Waals surface area contributed by atoms with E-state index in [1.54, 1.807) is 0 Å². The van der Waals surface area contributed by atoms with Crippen LogP contribution >= 0.6 is 0 Å². The van der Waals surface area contributed by atoms with Crippen LogP contribution < -0.4 is 0 Å². The van der Waals surface area contributed by atoms with Gasteiger partial charge in [0, 0.05) is 0 Å². The number of benzene rings is 2. The zero-order valence-corrected chi connectivity index (χ0v) is 19.1. The van der Waals surface area contributed by atoms with E-state index in [0.29, 0.717) is 0 Å². The Morgan fingerprint density at radius 1 is 0.565 bits per heavy atom. The van der Waals surface area contributed by atoms with Gasteiger partial charge in [-0.05, 0) is 0 Å². The first-order valence-electron chi connectivity index (χ1n) is 7.80. The molecule has 4 radical (unpaired) electrons. The molecule has 2 rings (SSSR count). The maximum absolute atomic E-state index is 4.50. The molecule has 0 heterocycles. The van der Waals surface area contributed by atoms with Crippen LogP contribution in [0.4, 0.5) is 0 Å². The second-order valence-electron chi connectivity index (χ2n) is 3.15. The minimum atomic E-state index is 0. The van der Waals surface area contributed by atoms with E-state index in [9.17, 15) is 0 Å². The molecule has 0 fully saturated rings. The number of rotatable bonds is 0. The third kappa shape index (κ3) is 33.9. The van der Waals surface area contributed by atoms with Gasteiger partial charge in [0.2, 0.25) is 0 Å². The Balaban J connectivity index is -0.0000000639. The Bertz CT molecular complexity index is 313.